The van der Waals surface area contributed by atoms with E-state index in [0.29, 0.717) is 12.5 Å². The normalized spacial score (nSPS) is 15.6. The van der Waals surface area contributed by atoms with Gasteiger partial charge in [-0.3, -0.25) is 14.7 Å². The van der Waals surface area contributed by atoms with Crippen molar-refractivity contribution in [1.82, 2.24) is 20.9 Å². The molecular weight excluding hydrogens is 525 g/mol. The minimum atomic E-state index is -0.0446. The monoisotopic (exact) mass is 557 g/mol. The van der Waals surface area contributed by atoms with Crippen LogP contribution in [-0.4, -0.2) is 69.8 Å². The molecule has 1 aromatic carbocycles. The summed E-state index contributed by atoms with van der Waals surface area (Å²) in [5.74, 6) is 0.583. The fourth-order valence-electron chi connectivity index (χ4n) is 3.41. The maximum absolute atomic E-state index is 12.1. The number of hydrogen-bond acceptors (Lipinski definition) is 5. The first kappa shape index (κ1) is 25.6. The molecule has 7 nitrogen and oxygen atoms in total. The van der Waals surface area contributed by atoms with Gasteiger partial charge < -0.3 is 20.7 Å². The van der Waals surface area contributed by atoms with E-state index in [-0.39, 0.29) is 42.5 Å². The van der Waals surface area contributed by atoms with Gasteiger partial charge >= 0.3 is 0 Å². The summed E-state index contributed by atoms with van der Waals surface area (Å²) < 4.78 is 5.50. The van der Waals surface area contributed by atoms with E-state index >= 15 is 0 Å². The highest BCUT2D eigenvalue weighted by Crippen LogP contribution is 2.25. The van der Waals surface area contributed by atoms with Crippen LogP contribution >= 0.6 is 35.3 Å². The molecule has 0 spiro atoms. The Morgan fingerprint density at radius 2 is 1.90 bits per heavy atom. The molecule has 1 saturated heterocycles. The van der Waals surface area contributed by atoms with E-state index in [4.69, 9.17) is 4.74 Å². The molecule has 1 unspecified atom stereocenters. The Morgan fingerprint density at radius 1 is 1.13 bits per heavy atom. The van der Waals surface area contributed by atoms with Crippen LogP contribution in [0, 0.1) is 0 Å². The summed E-state index contributed by atoms with van der Waals surface area (Å²) in [4.78, 5) is 20.2. The number of hydrogen-bond donors (Lipinski definition) is 3. The molecule has 170 valence electrons. The van der Waals surface area contributed by atoms with E-state index in [1.54, 1.807) is 18.4 Å². The van der Waals surface area contributed by atoms with Crippen LogP contribution in [0.5, 0.6) is 0 Å². The molecule has 2 heterocycles. The van der Waals surface area contributed by atoms with E-state index in [1.807, 2.05) is 18.2 Å². The van der Waals surface area contributed by atoms with Crippen LogP contribution in [0.15, 0.2) is 52.8 Å². The van der Waals surface area contributed by atoms with Crippen molar-refractivity contribution in [3.63, 3.8) is 0 Å². The number of thiophene rings is 1. The van der Waals surface area contributed by atoms with E-state index in [0.717, 1.165) is 39.3 Å². The highest BCUT2D eigenvalue weighted by atomic mass is 127. The second-order valence-corrected chi connectivity index (χ2v) is 8.05. The molecule has 1 aliphatic rings. The van der Waals surface area contributed by atoms with Gasteiger partial charge in [-0.2, -0.15) is 0 Å². The molecule has 0 saturated carbocycles. The zero-order valence-corrected chi connectivity index (χ0v) is 21.0. The number of aliphatic imine (C=N–C) groups is 1. The Hall–Kier alpha value is -1.69. The van der Waals surface area contributed by atoms with Crippen molar-refractivity contribution in [3.05, 3.63) is 58.3 Å². The van der Waals surface area contributed by atoms with E-state index in [2.05, 4.69) is 55.5 Å². The molecule has 0 bridgehead atoms. The average Bonchev–Trinajstić information content (AvgIpc) is 3.32. The Labute approximate surface area is 205 Å². The standard InChI is InChI=1S/C22H31N5O2S.HI/c1-23-22(26-17-21(28)24-10-9-18-6-3-2-4-7-18)25-16-19(20-8-5-15-30-20)27-11-13-29-14-12-27;/h2-8,15,19H,9-14,16-17H2,1H3,(H,24,28)(H2,23,25,26);1H. The van der Waals surface area contributed by atoms with Crippen LogP contribution in [0.25, 0.3) is 0 Å². The number of carbonyl (C=O) groups is 1. The van der Waals surface area contributed by atoms with Crippen LogP contribution in [0.2, 0.25) is 0 Å². The van der Waals surface area contributed by atoms with Gasteiger partial charge in [0.05, 0.1) is 25.8 Å². The third kappa shape index (κ3) is 8.76. The lowest BCUT2D eigenvalue weighted by Gasteiger charge is -2.34. The molecule has 9 heteroatoms. The van der Waals surface area contributed by atoms with Crippen molar-refractivity contribution in [2.75, 3.05) is 53.0 Å². The molecule has 1 fully saturated rings. The SMILES string of the molecule is CN=C(NCC(=O)NCCc1ccccc1)NCC(c1cccs1)N1CCOCC1.I. The van der Waals surface area contributed by atoms with Gasteiger partial charge in [0.2, 0.25) is 5.91 Å². The first-order valence-electron chi connectivity index (χ1n) is 10.4. The fraction of sp³-hybridized carbons (Fsp3) is 0.455. The van der Waals surface area contributed by atoms with E-state index < -0.39 is 0 Å². The van der Waals surface area contributed by atoms with Gasteiger partial charge in [-0.15, -0.1) is 35.3 Å². The predicted octanol–water partition coefficient (Wildman–Crippen LogP) is 2.26. The maximum atomic E-state index is 12.1. The number of rotatable bonds is 9. The minimum Gasteiger partial charge on any atom is -0.379 e. The second-order valence-electron chi connectivity index (χ2n) is 7.07. The summed E-state index contributed by atoms with van der Waals surface area (Å²) >= 11 is 1.76. The molecule has 1 amide bonds. The summed E-state index contributed by atoms with van der Waals surface area (Å²) in [5.41, 5.74) is 1.21. The fourth-order valence-corrected chi connectivity index (χ4v) is 4.27. The summed E-state index contributed by atoms with van der Waals surface area (Å²) in [5, 5.41) is 11.5. The lowest BCUT2D eigenvalue weighted by atomic mass is 10.1. The Bertz CT molecular complexity index is 782. The molecule has 2 aromatic rings. The molecule has 0 aliphatic carbocycles. The lowest BCUT2D eigenvalue weighted by Crippen LogP contribution is -2.47. The number of morpholine rings is 1. The van der Waals surface area contributed by atoms with Gasteiger partial charge in [-0.1, -0.05) is 36.4 Å². The van der Waals surface area contributed by atoms with Crippen molar-refractivity contribution < 1.29 is 9.53 Å². The molecular formula is C22H32IN5O2S. The largest absolute Gasteiger partial charge is 0.379 e. The molecule has 31 heavy (non-hydrogen) atoms. The second kappa shape index (κ2) is 14.4. The maximum Gasteiger partial charge on any atom is 0.239 e. The van der Waals surface area contributed by atoms with Crippen LogP contribution in [0.4, 0.5) is 0 Å². The topological polar surface area (TPSA) is 78.0 Å². The van der Waals surface area contributed by atoms with Crippen LogP contribution in [0.3, 0.4) is 0 Å². The quantitative estimate of drug-likeness (QED) is 0.251. The number of guanidine groups is 1. The van der Waals surface area contributed by atoms with Crippen LogP contribution in [-0.2, 0) is 16.0 Å². The van der Waals surface area contributed by atoms with Gasteiger partial charge in [0.25, 0.3) is 0 Å². The number of amides is 1. The van der Waals surface area contributed by atoms with Gasteiger partial charge in [0.1, 0.15) is 0 Å². The number of benzene rings is 1. The number of nitrogens with one attached hydrogen (secondary N) is 3. The third-order valence-corrected chi connectivity index (χ3v) is 6.01. The average molecular weight is 558 g/mol. The molecule has 1 atom stereocenters. The van der Waals surface area contributed by atoms with Crippen LogP contribution in [0.1, 0.15) is 16.5 Å². The van der Waals surface area contributed by atoms with Crippen molar-refractivity contribution in [2.24, 2.45) is 4.99 Å². The molecule has 3 rings (SSSR count). The summed E-state index contributed by atoms with van der Waals surface area (Å²) in [6, 6.07) is 14.6. The molecule has 0 radical (unpaired) electrons. The van der Waals surface area contributed by atoms with Crippen LogP contribution < -0.4 is 16.0 Å². The zero-order chi connectivity index (χ0) is 21.0. The highest BCUT2D eigenvalue weighted by Gasteiger charge is 2.23. The Balaban J connectivity index is 0.00000341. The van der Waals surface area contributed by atoms with Crippen molar-refractivity contribution in [2.45, 2.75) is 12.5 Å². The third-order valence-electron chi connectivity index (χ3n) is 5.04. The van der Waals surface area contributed by atoms with Crippen molar-refractivity contribution in [1.29, 1.82) is 0 Å². The Morgan fingerprint density at radius 3 is 2.58 bits per heavy atom. The summed E-state index contributed by atoms with van der Waals surface area (Å²) in [6.45, 7) is 4.88. The smallest absolute Gasteiger partial charge is 0.239 e. The minimum absolute atomic E-state index is 0. The molecule has 1 aromatic heterocycles. The van der Waals surface area contributed by atoms with E-state index in [9.17, 15) is 4.79 Å². The lowest BCUT2D eigenvalue weighted by molar-refractivity contribution is -0.119. The number of halogens is 1. The first-order chi connectivity index (χ1) is 14.8. The first-order valence-corrected chi connectivity index (χ1v) is 11.2. The van der Waals surface area contributed by atoms with Gasteiger partial charge in [0, 0.05) is 38.1 Å². The number of nitrogens with zero attached hydrogens (tertiary/aromatic N) is 2. The highest BCUT2D eigenvalue weighted by molar-refractivity contribution is 14.0. The number of carbonyl (C=O) groups excluding carboxylic acids is 1. The molecule has 3 N–H and O–H groups in total. The predicted molar refractivity (Wildman–Crippen MR) is 137 cm³/mol. The molecule has 1 aliphatic heterocycles. The van der Waals surface area contributed by atoms with Gasteiger partial charge in [-0.25, -0.2) is 0 Å². The number of ether oxygens (including phenoxy) is 1. The van der Waals surface area contributed by atoms with Gasteiger partial charge in [0.15, 0.2) is 5.96 Å². The van der Waals surface area contributed by atoms with Crippen molar-refractivity contribution in [3.8, 4) is 0 Å². The summed E-state index contributed by atoms with van der Waals surface area (Å²) in [7, 11) is 1.72. The Kier molecular flexibility index (Phi) is 11.9. The van der Waals surface area contributed by atoms with Crippen molar-refractivity contribution >= 4 is 47.2 Å². The van der Waals surface area contributed by atoms with E-state index in [1.165, 1.54) is 10.4 Å². The van der Waals surface area contributed by atoms with Gasteiger partial charge in [-0.05, 0) is 23.4 Å². The zero-order valence-electron chi connectivity index (χ0n) is 17.9. The summed E-state index contributed by atoms with van der Waals surface area (Å²) in [6.07, 6.45) is 0.821.